The molecule has 2 aromatic heterocycles. The highest BCUT2D eigenvalue weighted by atomic mass is 19.1. The van der Waals surface area contributed by atoms with Crippen LogP contribution in [0.3, 0.4) is 0 Å². The van der Waals surface area contributed by atoms with E-state index in [0.29, 0.717) is 16.7 Å². The van der Waals surface area contributed by atoms with Crippen LogP contribution in [0.4, 0.5) is 4.39 Å². The molecular weight excluding hydrogens is 317 g/mol. The molecule has 25 heavy (non-hydrogen) atoms. The highest BCUT2D eigenvalue weighted by Gasteiger charge is 2.33. The van der Waals surface area contributed by atoms with Crippen molar-refractivity contribution < 1.29 is 18.1 Å². The van der Waals surface area contributed by atoms with E-state index in [9.17, 15) is 4.39 Å². The summed E-state index contributed by atoms with van der Waals surface area (Å²) in [4.78, 5) is 0. The van der Waals surface area contributed by atoms with Crippen LogP contribution in [0, 0.1) is 26.8 Å². The van der Waals surface area contributed by atoms with E-state index in [1.54, 1.807) is 0 Å². The van der Waals surface area contributed by atoms with Crippen LogP contribution in [-0.2, 0) is 7.05 Å². The third-order valence-electron chi connectivity index (χ3n) is 5.15. The van der Waals surface area contributed by atoms with Crippen molar-refractivity contribution in [3.05, 3.63) is 53.2 Å². The van der Waals surface area contributed by atoms with Crippen molar-refractivity contribution in [2.24, 2.45) is 7.05 Å². The number of aromatic nitrogens is 1. The van der Waals surface area contributed by atoms with Crippen molar-refractivity contribution in [3.63, 3.8) is 0 Å². The van der Waals surface area contributed by atoms with E-state index in [1.807, 2.05) is 23.9 Å². The molecule has 1 aliphatic rings. The molecule has 4 aromatic rings. The van der Waals surface area contributed by atoms with E-state index in [1.165, 1.54) is 17.2 Å². The van der Waals surface area contributed by atoms with Crippen LogP contribution in [-0.4, -0.2) is 0 Å². The maximum Gasteiger partial charge on any atom is 0.279 e. The van der Waals surface area contributed by atoms with Crippen LogP contribution < -0.4 is 9.30 Å². The Hall–Kier alpha value is -2.88. The molecule has 0 N–H and O–H groups in total. The molecule has 0 atom stereocenters. The van der Waals surface area contributed by atoms with Crippen LogP contribution in [0.25, 0.3) is 33.0 Å². The zero-order chi connectivity index (χ0) is 17.5. The zero-order valence-corrected chi connectivity index (χ0v) is 14.5. The number of ether oxygens (including phenoxy) is 1. The first-order valence-electron chi connectivity index (χ1n) is 8.28. The Bertz CT molecular complexity index is 1220. The Morgan fingerprint density at radius 1 is 1.00 bits per heavy atom. The van der Waals surface area contributed by atoms with Crippen LogP contribution in [0.5, 0.6) is 11.5 Å². The van der Waals surface area contributed by atoms with Crippen molar-refractivity contribution in [2.45, 2.75) is 20.8 Å². The van der Waals surface area contributed by atoms with E-state index in [0.717, 1.165) is 33.3 Å². The largest absolute Gasteiger partial charge is 0.446 e. The quantitative estimate of drug-likeness (QED) is 0.362. The molecule has 0 saturated heterocycles. The van der Waals surface area contributed by atoms with E-state index in [4.69, 9.17) is 9.15 Å². The molecule has 0 unspecified atom stereocenters. The highest BCUT2D eigenvalue weighted by Crippen LogP contribution is 2.50. The SMILES string of the molecule is Cc1cc2c3c(c(C)c(C)cc3c1)-c1c(c3oc(F)cc3c[n+]1C)O2. The number of hydrogen-bond acceptors (Lipinski definition) is 2. The average Bonchev–Trinajstić information content (AvgIpc) is 2.91. The number of fused-ring (bicyclic) bond motifs is 4. The number of nitrogens with zero attached hydrogens (tertiary/aromatic N) is 1. The second-order valence-electron chi connectivity index (χ2n) is 6.91. The van der Waals surface area contributed by atoms with Gasteiger partial charge in [-0.15, -0.1) is 0 Å². The third kappa shape index (κ3) is 1.82. The fourth-order valence-corrected chi connectivity index (χ4v) is 3.95. The molecule has 0 amide bonds. The summed E-state index contributed by atoms with van der Waals surface area (Å²) in [6.07, 6.45) is 1.89. The van der Waals surface area contributed by atoms with E-state index in [2.05, 4.69) is 32.9 Å². The lowest BCUT2D eigenvalue weighted by molar-refractivity contribution is -0.659. The molecule has 0 fully saturated rings. The lowest BCUT2D eigenvalue weighted by Gasteiger charge is -2.22. The van der Waals surface area contributed by atoms with Gasteiger partial charge in [-0.2, -0.15) is 8.96 Å². The molecule has 2 aromatic carbocycles. The van der Waals surface area contributed by atoms with E-state index in [-0.39, 0.29) is 0 Å². The van der Waals surface area contributed by atoms with Crippen LogP contribution >= 0.6 is 0 Å². The predicted molar refractivity (Wildman–Crippen MR) is 94.6 cm³/mol. The first-order valence-corrected chi connectivity index (χ1v) is 8.28. The summed E-state index contributed by atoms with van der Waals surface area (Å²) in [5.41, 5.74) is 6.05. The van der Waals surface area contributed by atoms with E-state index < -0.39 is 6.01 Å². The van der Waals surface area contributed by atoms with E-state index >= 15 is 0 Å². The molecule has 0 radical (unpaired) electrons. The summed E-state index contributed by atoms with van der Waals surface area (Å²) in [5.74, 6) is 1.38. The number of benzene rings is 2. The smallest absolute Gasteiger partial charge is 0.279 e. The van der Waals surface area contributed by atoms with Gasteiger partial charge in [0.05, 0.1) is 10.9 Å². The average molecular weight is 334 g/mol. The number of rotatable bonds is 0. The summed E-state index contributed by atoms with van der Waals surface area (Å²) in [6.45, 7) is 6.29. The van der Waals surface area contributed by atoms with Gasteiger partial charge in [-0.05, 0) is 48.9 Å². The molecule has 3 heterocycles. The number of hydrogen-bond donors (Lipinski definition) is 0. The first-order chi connectivity index (χ1) is 11.9. The van der Waals surface area contributed by atoms with Crippen LogP contribution in [0.1, 0.15) is 16.7 Å². The summed E-state index contributed by atoms with van der Waals surface area (Å²) >= 11 is 0. The fraction of sp³-hybridized carbons (Fsp3) is 0.190. The molecule has 0 aliphatic carbocycles. The molecule has 4 heteroatoms. The Kier molecular flexibility index (Phi) is 2.66. The zero-order valence-electron chi connectivity index (χ0n) is 14.5. The lowest BCUT2D eigenvalue weighted by Crippen LogP contribution is -2.32. The number of aryl methyl sites for hydroxylation is 3. The Labute approximate surface area is 144 Å². The monoisotopic (exact) mass is 334 g/mol. The van der Waals surface area contributed by atoms with Gasteiger partial charge in [0.25, 0.3) is 11.7 Å². The van der Waals surface area contributed by atoms with Gasteiger partial charge in [-0.1, -0.05) is 12.1 Å². The predicted octanol–water partition coefficient (Wildman–Crippen LogP) is 5.25. The minimum absolute atomic E-state index is 0.451. The topological polar surface area (TPSA) is 26.2 Å². The van der Waals surface area contributed by atoms with Crippen molar-refractivity contribution in [2.75, 3.05) is 0 Å². The second-order valence-corrected chi connectivity index (χ2v) is 6.91. The van der Waals surface area contributed by atoms with Crippen LogP contribution in [0.15, 0.2) is 34.9 Å². The third-order valence-corrected chi connectivity index (χ3v) is 5.15. The Morgan fingerprint density at radius 3 is 2.60 bits per heavy atom. The summed E-state index contributed by atoms with van der Waals surface area (Å²) in [5, 5.41) is 2.95. The van der Waals surface area contributed by atoms with Crippen molar-refractivity contribution in [1.29, 1.82) is 0 Å². The molecule has 0 bridgehead atoms. The molecule has 0 spiro atoms. The van der Waals surface area contributed by atoms with Gasteiger partial charge in [0.15, 0.2) is 11.8 Å². The van der Waals surface area contributed by atoms with Crippen molar-refractivity contribution in [3.8, 4) is 22.8 Å². The Balaban J connectivity index is 2.04. The molecular formula is C21H17FNO2+. The molecule has 124 valence electrons. The first kappa shape index (κ1) is 14.5. The maximum atomic E-state index is 13.7. The summed E-state index contributed by atoms with van der Waals surface area (Å²) in [6, 6.07) is 7.19. The van der Waals surface area contributed by atoms with Gasteiger partial charge in [0.2, 0.25) is 5.75 Å². The second kappa shape index (κ2) is 4.60. The molecule has 0 saturated carbocycles. The normalized spacial score (nSPS) is 12.5. The van der Waals surface area contributed by atoms with Gasteiger partial charge in [0.1, 0.15) is 12.8 Å². The lowest BCUT2D eigenvalue weighted by atomic mass is 9.90. The number of pyridine rings is 1. The Morgan fingerprint density at radius 2 is 1.80 bits per heavy atom. The number of halogens is 1. The maximum absolute atomic E-state index is 13.7. The minimum Gasteiger partial charge on any atom is -0.446 e. The van der Waals surface area contributed by atoms with Gasteiger partial charge in [0, 0.05) is 11.5 Å². The van der Waals surface area contributed by atoms with Gasteiger partial charge < -0.3 is 9.15 Å². The standard InChI is InChI=1S/C21H17FNO2/c1-10-5-13-7-11(2)12(3)17-18(13)15(6-10)24-21-19(17)23(4)9-14-8-16(22)25-20(14)21/h5-9H,1-4H3/q+1. The van der Waals surface area contributed by atoms with Gasteiger partial charge in [-0.3, -0.25) is 0 Å². The van der Waals surface area contributed by atoms with Crippen molar-refractivity contribution in [1.82, 2.24) is 0 Å². The number of furan rings is 1. The van der Waals surface area contributed by atoms with Crippen LogP contribution in [0.2, 0.25) is 0 Å². The molecule has 1 aliphatic heterocycles. The minimum atomic E-state index is -0.604. The fourth-order valence-electron chi connectivity index (χ4n) is 3.95. The highest BCUT2D eigenvalue weighted by molar-refractivity contribution is 6.06. The van der Waals surface area contributed by atoms with Gasteiger partial charge >= 0.3 is 0 Å². The molecule has 3 nitrogen and oxygen atoms in total. The summed E-state index contributed by atoms with van der Waals surface area (Å²) in [7, 11) is 1.96. The van der Waals surface area contributed by atoms with Crippen molar-refractivity contribution >= 4 is 21.7 Å². The molecule has 5 rings (SSSR count). The summed E-state index contributed by atoms with van der Waals surface area (Å²) < 4.78 is 27.3. The van der Waals surface area contributed by atoms with Gasteiger partial charge in [-0.25, -0.2) is 0 Å².